The number of furan rings is 1. The molecule has 0 spiro atoms. The fourth-order valence-corrected chi connectivity index (χ4v) is 2.92. The van der Waals surface area contributed by atoms with Gasteiger partial charge in [-0.3, -0.25) is 0 Å². The van der Waals surface area contributed by atoms with Crippen molar-refractivity contribution in [3.05, 3.63) is 24.2 Å². The molecule has 1 aromatic heterocycles. The molecular formula is C13H21NO. The highest BCUT2D eigenvalue weighted by molar-refractivity contribution is 5.09. The van der Waals surface area contributed by atoms with Gasteiger partial charge in [-0.1, -0.05) is 19.3 Å². The van der Waals surface area contributed by atoms with Crippen LogP contribution in [0.4, 0.5) is 0 Å². The SMILES string of the molecule is CNCC1(Cc2ccoc2)CCCCC1. The third kappa shape index (κ3) is 2.63. The van der Waals surface area contributed by atoms with Crippen molar-refractivity contribution in [3.8, 4) is 0 Å². The van der Waals surface area contributed by atoms with Gasteiger partial charge in [-0.25, -0.2) is 0 Å². The van der Waals surface area contributed by atoms with Crippen LogP contribution in [-0.2, 0) is 6.42 Å². The second-order valence-corrected chi connectivity index (χ2v) is 4.90. The van der Waals surface area contributed by atoms with Crippen LogP contribution in [0.2, 0.25) is 0 Å². The lowest BCUT2D eigenvalue weighted by molar-refractivity contribution is 0.184. The highest BCUT2D eigenvalue weighted by Crippen LogP contribution is 2.38. The smallest absolute Gasteiger partial charge is 0.0934 e. The monoisotopic (exact) mass is 207 g/mol. The molecule has 0 amide bonds. The predicted octanol–water partition coefficient (Wildman–Crippen LogP) is 2.99. The molecule has 0 atom stereocenters. The standard InChI is InChI=1S/C13H21NO/c1-14-11-13(6-3-2-4-7-13)9-12-5-8-15-10-12/h5,8,10,14H,2-4,6-7,9,11H2,1H3. The zero-order chi connectivity index (χ0) is 10.6. The van der Waals surface area contributed by atoms with E-state index in [2.05, 4.69) is 18.4 Å². The minimum atomic E-state index is 0.483. The molecule has 1 aliphatic carbocycles. The molecule has 1 saturated carbocycles. The maximum Gasteiger partial charge on any atom is 0.0934 e. The van der Waals surface area contributed by atoms with E-state index in [0.717, 1.165) is 6.54 Å². The summed E-state index contributed by atoms with van der Waals surface area (Å²) in [7, 11) is 2.06. The third-order valence-electron chi connectivity index (χ3n) is 3.63. The summed E-state index contributed by atoms with van der Waals surface area (Å²) >= 11 is 0. The van der Waals surface area contributed by atoms with Crippen molar-refractivity contribution in [1.29, 1.82) is 0 Å². The van der Waals surface area contributed by atoms with E-state index in [0.29, 0.717) is 5.41 Å². The van der Waals surface area contributed by atoms with Crippen molar-refractivity contribution in [2.75, 3.05) is 13.6 Å². The molecule has 0 saturated heterocycles. The molecule has 84 valence electrons. The first-order valence-corrected chi connectivity index (χ1v) is 6.00. The largest absolute Gasteiger partial charge is 0.472 e. The van der Waals surface area contributed by atoms with E-state index in [1.165, 1.54) is 44.1 Å². The van der Waals surface area contributed by atoms with E-state index in [1.807, 2.05) is 6.26 Å². The van der Waals surface area contributed by atoms with E-state index in [-0.39, 0.29) is 0 Å². The molecule has 1 heterocycles. The fourth-order valence-electron chi connectivity index (χ4n) is 2.92. The van der Waals surface area contributed by atoms with Gasteiger partial charge in [0.25, 0.3) is 0 Å². The highest BCUT2D eigenvalue weighted by atomic mass is 16.3. The number of nitrogens with one attached hydrogen (secondary N) is 1. The average Bonchev–Trinajstić information content (AvgIpc) is 2.72. The lowest BCUT2D eigenvalue weighted by Crippen LogP contribution is -2.36. The Morgan fingerprint density at radius 3 is 2.73 bits per heavy atom. The van der Waals surface area contributed by atoms with Crippen LogP contribution in [0.25, 0.3) is 0 Å². The van der Waals surface area contributed by atoms with E-state index in [9.17, 15) is 0 Å². The van der Waals surface area contributed by atoms with Crippen LogP contribution in [0.5, 0.6) is 0 Å². The van der Waals surface area contributed by atoms with Crippen molar-refractivity contribution >= 4 is 0 Å². The number of rotatable bonds is 4. The summed E-state index contributed by atoms with van der Waals surface area (Å²) < 4.78 is 5.16. The molecule has 1 fully saturated rings. The first-order chi connectivity index (χ1) is 7.35. The van der Waals surface area contributed by atoms with Gasteiger partial charge in [0.15, 0.2) is 0 Å². The Labute approximate surface area is 92.1 Å². The van der Waals surface area contributed by atoms with Crippen LogP contribution in [0.3, 0.4) is 0 Å². The minimum Gasteiger partial charge on any atom is -0.472 e. The Balaban J connectivity index is 2.04. The summed E-state index contributed by atoms with van der Waals surface area (Å²) in [6.45, 7) is 1.14. The van der Waals surface area contributed by atoms with Crippen molar-refractivity contribution < 1.29 is 4.42 Å². The van der Waals surface area contributed by atoms with Crippen LogP contribution < -0.4 is 5.32 Å². The summed E-state index contributed by atoms with van der Waals surface area (Å²) in [6, 6.07) is 2.10. The molecule has 2 rings (SSSR count). The maximum atomic E-state index is 5.16. The van der Waals surface area contributed by atoms with Gasteiger partial charge in [0.2, 0.25) is 0 Å². The van der Waals surface area contributed by atoms with Crippen molar-refractivity contribution in [2.45, 2.75) is 38.5 Å². The van der Waals surface area contributed by atoms with Crippen LogP contribution in [0.1, 0.15) is 37.7 Å². The van der Waals surface area contributed by atoms with Crippen LogP contribution in [-0.4, -0.2) is 13.6 Å². The molecule has 0 unspecified atom stereocenters. The zero-order valence-corrected chi connectivity index (χ0v) is 9.59. The number of hydrogen-bond acceptors (Lipinski definition) is 2. The van der Waals surface area contributed by atoms with Gasteiger partial charge < -0.3 is 9.73 Å². The van der Waals surface area contributed by atoms with Crippen molar-refractivity contribution in [1.82, 2.24) is 5.32 Å². The predicted molar refractivity (Wildman–Crippen MR) is 61.9 cm³/mol. The summed E-state index contributed by atoms with van der Waals surface area (Å²) in [4.78, 5) is 0. The van der Waals surface area contributed by atoms with Gasteiger partial charge >= 0.3 is 0 Å². The third-order valence-corrected chi connectivity index (χ3v) is 3.63. The first-order valence-electron chi connectivity index (χ1n) is 6.00. The molecule has 1 aliphatic rings. The Morgan fingerprint density at radius 1 is 1.33 bits per heavy atom. The minimum absolute atomic E-state index is 0.483. The Morgan fingerprint density at radius 2 is 2.13 bits per heavy atom. The van der Waals surface area contributed by atoms with Gasteiger partial charge in [0, 0.05) is 6.54 Å². The Kier molecular flexibility index (Phi) is 3.47. The Hall–Kier alpha value is -0.760. The van der Waals surface area contributed by atoms with Gasteiger partial charge in [0.1, 0.15) is 0 Å². The van der Waals surface area contributed by atoms with E-state index >= 15 is 0 Å². The lowest BCUT2D eigenvalue weighted by atomic mass is 9.70. The van der Waals surface area contributed by atoms with Crippen molar-refractivity contribution in [3.63, 3.8) is 0 Å². The molecule has 0 aliphatic heterocycles. The summed E-state index contributed by atoms with van der Waals surface area (Å²) in [5.41, 5.74) is 1.84. The van der Waals surface area contributed by atoms with Gasteiger partial charge in [-0.05, 0) is 43.4 Å². The molecule has 2 heteroatoms. The molecule has 1 aromatic rings. The van der Waals surface area contributed by atoms with Crippen LogP contribution in [0.15, 0.2) is 23.0 Å². The van der Waals surface area contributed by atoms with Gasteiger partial charge in [0.05, 0.1) is 12.5 Å². The summed E-state index contributed by atoms with van der Waals surface area (Å²) in [5, 5.41) is 3.36. The topological polar surface area (TPSA) is 25.2 Å². The van der Waals surface area contributed by atoms with E-state index in [1.54, 1.807) is 6.26 Å². The van der Waals surface area contributed by atoms with E-state index in [4.69, 9.17) is 4.42 Å². The van der Waals surface area contributed by atoms with Crippen LogP contribution in [0, 0.1) is 5.41 Å². The normalized spacial score (nSPS) is 20.3. The average molecular weight is 207 g/mol. The van der Waals surface area contributed by atoms with Crippen LogP contribution >= 0.6 is 0 Å². The molecular weight excluding hydrogens is 186 g/mol. The zero-order valence-electron chi connectivity index (χ0n) is 9.59. The highest BCUT2D eigenvalue weighted by Gasteiger charge is 2.31. The molecule has 1 N–H and O–H groups in total. The molecule has 0 radical (unpaired) electrons. The molecule has 0 aromatic carbocycles. The second kappa shape index (κ2) is 4.84. The second-order valence-electron chi connectivity index (χ2n) is 4.90. The van der Waals surface area contributed by atoms with E-state index < -0.39 is 0 Å². The molecule has 0 bridgehead atoms. The van der Waals surface area contributed by atoms with Gasteiger partial charge in [-0.2, -0.15) is 0 Å². The van der Waals surface area contributed by atoms with Crippen molar-refractivity contribution in [2.24, 2.45) is 5.41 Å². The Bertz CT molecular complexity index is 267. The molecule has 2 nitrogen and oxygen atoms in total. The lowest BCUT2D eigenvalue weighted by Gasteiger charge is -2.37. The fraction of sp³-hybridized carbons (Fsp3) is 0.692. The number of hydrogen-bond donors (Lipinski definition) is 1. The molecule has 15 heavy (non-hydrogen) atoms. The summed E-state index contributed by atoms with van der Waals surface area (Å²) in [5.74, 6) is 0. The first kappa shape index (κ1) is 10.7. The maximum absolute atomic E-state index is 5.16. The van der Waals surface area contributed by atoms with Gasteiger partial charge in [-0.15, -0.1) is 0 Å². The summed E-state index contributed by atoms with van der Waals surface area (Å²) in [6.07, 6.45) is 11.8. The quantitative estimate of drug-likeness (QED) is 0.821.